The number of ether oxygens (including phenoxy) is 3. The molecule has 0 aliphatic carbocycles. The van der Waals surface area contributed by atoms with E-state index in [0.29, 0.717) is 44.9 Å². The Bertz CT molecular complexity index is 1130. The van der Waals surface area contributed by atoms with E-state index >= 15 is 0 Å². The van der Waals surface area contributed by atoms with Crippen molar-refractivity contribution in [3.05, 3.63) is 57.6 Å². The summed E-state index contributed by atoms with van der Waals surface area (Å²) in [5.74, 6) is 0.463. The van der Waals surface area contributed by atoms with Gasteiger partial charge < -0.3 is 14.2 Å². The summed E-state index contributed by atoms with van der Waals surface area (Å²) in [6, 6.07) is 9.87. The molecular weight excluding hydrogens is 520 g/mol. The van der Waals surface area contributed by atoms with Gasteiger partial charge in [-0.15, -0.1) is 0 Å². The molecule has 0 radical (unpaired) electrons. The molecule has 2 heterocycles. The molecule has 11 heteroatoms. The third-order valence-electron chi connectivity index (χ3n) is 6.76. The summed E-state index contributed by atoms with van der Waals surface area (Å²) < 4.78 is 46.6. The van der Waals surface area contributed by atoms with Crippen LogP contribution in [0.2, 0.25) is 5.02 Å². The van der Waals surface area contributed by atoms with Crippen molar-refractivity contribution in [1.29, 1.82) is 0 Å². The van der Waals surface area contributed by atoms with Crippen molar-refractivity contribution in [2.75, 3.05) is 26.3 Å². The minimum atomic E-state index is -3.86. The van der Waals surface area contributed by atoms with Crippen LogP contribution < -0.4 is 4.74 Å². The first-order chi connectivity index (χ1) is 17.8. The molecular formula is C26H33ClN2O7S. The highest BCUT2D eigenvalue weighted by Crippen LogP contribution is 2.33. The first kappa shape index (κ1) is 27.8. The number of nitrogens with zero attached hydrogens (tertiary/aromatic N) is 2. The summed E-state index contributed by atoms with van der Waals surface area (Å²) in [5.41, 5.74) is -0.0747. The summed E-state index contributed by atoms with van der Waals surface area (Å²) in [6.07, 6.45) is 7.52. The molecule has 0 bridgehead atoms. The Labute approximate surface area is 222 Å². The van der Waals surface area contributed by atoms with Gasteiger partial charge in [-0.25, -0.2) is 8.42 Å². The quantitative estimate of drug-likeness (QED) is 0.250. The van der Waals surface area contributed by atoms with Crippen LogP contribution in [0.15, 0.2) is 47.4 Å². The molecule has 2 aliphatic rings. The van der Waals surface area contributed by atoms with Crippen molar-refractivity contribution in [2.24, 2.45) is 0 Å². The lowest BCUT2D eigenvalue weighted by molar-refractivity contribution is -0.384. The normalized spacial score (nSPS) is 20.6. The van der Waals surface area contributed by atoms with E-state index in [0.717, 1.165) is 38.5 Å². The molecule has 2 aromatic rings. The average molecular weight is 553 g/mol. The maximum absolute atomic E-state index is 13.8. The summed E-state index contributed by atoms with van der Waals surface area (Å²) in [5, 5.41) is 11.1. The molecule has 2 aliphatic heterocycles. The molecule has 4 rings (SSSR count). The Morgan fingerprint density at radius 2 is 1.54 bits per heavy atom. The maximum Gasteiger partial charge on any atom is 0.269 e. The second-order valence-corrected chi connectivity index (χ2v) is 11.7. The minimum Gasteiger partial charge on any atom is -0.456 e. The number of halogens is 1. The van der Waals surface area contributed by atoms with Gasteiger partial charge in [0.25, 0.3) is 5.69 Å². The number of hydrogen-bond acceptors (Lipinski definition) is 7. The topological polar surface area (TPSA) is 108 Å². The van der Waals surface area contributed by atoms with Gasteiger partial charge in [0.05, 0.1) is 27.0 Å². The Kier molecular flexibility index (Phi) is 9.77. The van der Waals surface area contributed by atoms with Crippen LogP contribution in [0.4, 0.5) is 5.69 Å². The molecule has 2 aromatic carbocycles. The number of sulfonamides is 1. The zero-order valence-electron chi connectivity index (χ0n) is 20.7. The zero-order valence-corrected chi connectivity index (χ0v) is 22.3. The third-order valence-corrected chi connectivity index (χ3v) is 8.97. The monoisotopic (exact) mass is 552 g/mol. The van der Waals surface area contributed by atoms with Crippen LogP contribution in [0.5, 0.6) is 11.5 Å². The minimum absolute atomic E-state index is 0.0589. The van der Waals surface area contributed by atoms with Gasteiger partial charge in [0.2, 0.25) is 10.0 Å². The number of nitro groups is 1. The van der Waals surface area contributed by atoms with Gasteiger partial charge in [-0.1, -0.05) is 11.6 Å². The first-order valence-electron chi connectivity index (χ1n) is 12.8. The maximum atomic E-state index is 13.8. The van der Waals surface area contributed by atoms with Gasteiger partial charge in [-0.05, 0) is 75.6 Å². The zero-order chi connectivity index (χ0) is 26.3. The molecule has 0 aromatic heterocycles. The van der Waals surface area contributed by atoms with Crippen LogP contribution in [-0.4, -0.2) is 56.2 Å². The first-order valence-corrected chi connectivity index (χ1v) is 14.6. The molecule has 0 amide bonds. The second-order valence-electron chi connectivity index (χ2n) is 9.40. The highest BCUT2D eigenvalue weighted by molar-refractivity contribution is 7.89. The molecule has 0 saturated carbocycles. The number of benzene rings is 2. The van der Waals surface area contributed by atoms with Crippen molar-refractivity contribution in [2.45, 2.75) is 68.5 Å². The molecule has 0 spiro atoms. The summed E-state index contributed by atoms with van der Waals surface area (Å²) >= 11 is 6.31. The second kappa shape index (κ2) is 13.0. The van der Waals surface area contributed by atoms with Gasteiger partial charge in [-0.3, -0.25) is 10.1 Å². The van der Waals surface area contributed by atoms with Crippen molar-refractivity contribution in [1.82, 2.24) is 4.31 Å². The van der Waals surface area contributed by atoms with Crippen LogP contribution in [-0.2, 0) is 19.5 Å². The molecule has 2 fully saturated rings. The Morgan fingerprint density at radius 1 is 0.946 bits per heavy atom. The van der Waals surface area contributed by atoms with Crippen molar-refractivity contribution >= 4 is 27.3 Å². The molecule has 2 atom stereocenters. The highest BCUT2D eigenvalue weighted by atomic mass is 35.5. The van der Waals surface area contributed by atoms with Crippen LogP contribution >= 0.6 is 11.6 Å². The van der Waals surface area contributed by atoms with E-state index in [4.69, 9.17) is 25.8 Å². The number of non-ortho nitro benzene ring substituents is 1. The SMILES string of the molecule is O=[N+]([O-])c1ccc(Oc2cc(S(=O)(=O)N(CCC3CCCCO3)CCC3CCCCO3)ccc2Cl)cc1. The Balaban J connectivity index is 1.52. The predicted octanol–water partition coefficient (Wildman–Crippen LogP) is 5.95. The largest absolute Gasteiger partial charge is 0.456 e. The fourth-order valence-electron chi connectivity index (χ4n) is 4.63. The highest BCUT2D eigenvalue weighted by Gasteiger charge is 2.28. The summed E-state index contributed by atoms with van der Waals surface area (Å²) in [4.78, 5) is 10.5. The summed E-state index contributed by atoms with van der Waals surface area (Å²) in [6.45, 7) is 2.13. The van der Waals surface area contributed by atoms with Crippen LogP contribution in [0.25, 0.3) is 0 Å². The third kappa shape index (κ3) is 7.64. The van der Waals surface area contributed by atoms with E-state index in [1.807, 2.05) is 0 Å². The smallest absolute Gasteiger partial charge is 0.269 e. The Hall–Kier alpha value is -2.24. The molecule has 9 nitrogen and oxygen atoms in total. The lowest BCUT2D eigenvalue weighted by atomic mass is 10.1. The lowest BCUT2D eigenvalue weighted by Gasteiger charge is -2.29. The van der Waals surface area contributed by atoms with E-state index in [9.17, 15) is 18.5 Å². The van der Waals surface area contributed by atoms with Gasteiger partial charge in [0.1, 0.15) is 11.5 Å². The number of nitro benzene ring substituents is 1. The van der Waals surface area contributed by atoms with Gasteiger partial charge >= 0.3 is 0 Å². The Morgan fingerprint density at radius 3 is 2.05 bits per heavy atom. The molecule has 2 unspecified atom stereocenters. The van der Waals surface area contributed by atoms with E-state index in [2.05, 4.69) is 0 Å². The average Bonchev–Trinajstić information content (AvgIpc) is 2.91. The fraction of sp³-hybridized carbons (Fsp3) is 0.538. The van der Waals surface area contributed by atoms with Crippen molar-refractivity contribution in [3.63, 3.8) is 0 Å². The van der Waals surface area contributed by atoms with Crippen LogP contribution in [0, 0.1) is 10.1 Å². The van der Waals surface area contributed by atoms with Crippen molar-refractivity contribution in [3.8, 4) is 11.5 Å². The van der Waals surface area contributed by atoms with Gasteiger partial charge in [-0.2, -0.15) is 4.31 Å². The van der Waals surface area contributed by atoms with Crippen LogP contribution in [0.3, 0.4) is 0 Å². The fourth-order valence-corrected chi connectivity index (χ4v) is 6.27. The van der Waals surface area contributed by atoms with Gasteiger partial charge in [0.15, 0.2) is 0 Å². The van der Waals surface area contributed by atoms with E-state index in [1.54, 1.807) is 0 Å². The standard InChI is InChI=1S/C26H33ClN2O7S/c27-25-12-11-24(19-26(25)36-23-9-7-20(8-10-23)29(30)31)37(32,33)28(15-13-21-5-1-3-17-34-21)16-14-22-6-2-4-18-35-22/h7-12,19,21-22H,1-6,13-18H2. The molecule has 0 N–H and O–H groups in total. The van der Waals surface area contributed by atoms with Crippen molar-refractivity contribution < 1.29 is 27.6 Å². The van der Waals surface area contributed by atoms with E-state index in [-0.39, 0.29) is 33.6 Å². The van der Waals surface area contributed by atoms with E-state index < -0.39 is 14.9 Å². The lowest BCUT2D eigenvalue weighted by Crippen LogP contribution is -2.37. The van der Waals surface area contributed by atoms with Crippen LogP contribution in [0.1, 0.15) is 51.4 Å². The molecule has 37 heavy (non-hydrogen) atoms. The molecule has 202 valence electrons. The summed E-state index contributed by atoms with van der Waals surface area (Å²) in [7, 11) is -3.86. The molecule has 2 saturated heterocycles. The van der Waals surface area contributed by atoms with Gasteiger partial charge in [0, 0.05) is 44.5 Å². The van der Waals surface area contributed by atoms with E-state index in [1.165, 1.54) is 46.8 Å². The number of rotatable bonds is 11. The number of hydrogen-bond donors (Lipinski definition) is 0. The predicted molar refractivity (Wildman–Crippen MR) is 140 cm³/mol.